The SMILES string of the molecule is CCC(C)C(C(C)C)C1CC(C)OC(C)C1. The zero-order valence-electron chi connectivity index (χ0n) is 12.0. The zero-order valence-corrected chi connectivity index (χ0v) is 12.0. The van der Waals surface area contributed by atoms with Crippen LogP contribution in [0.1, 0.15) is 60.8 Å². The molecule has 16 heavy (non-hydrogen) atoms. The maximum atomic E-state index is 5.86. The highest BCUT2D eigenvalue weighted by Gasteiger charge is 2.34. The lowest BCUT2D eigenvalue weighted by Gasteiger charge is -2.41. The summed E-state index contributed by atoms with van der Waals surface area (Å²) in [7, 11) is 0. The first-order valence-electron chi connectivity index (χ1n) is 7.11. The Labute approximate surface area is 102 Å². The van der Waals surface area contributed by atoms with Crippen LogP contribution in [-0.2, 0) is 4.74 Å². The molecule has 0 aromatic carbocycles. The fraction of sp³-hybridized carbons (Fsp3) is 1.00. The van der Waals surface area contributed by atoms with Crippen LogP contribution >= 0.6 is 0 Å². The van der Waals surface area contributed by atoms with Crippen LogP contribution < -0.4 is 0 Å². The summed E-state index contributed by atoms with van der Waals surface area (Å²) in [5, 5.41) is 0. The van der Waals surface area contributed by atoms with Gasteiger partial charge in [0.05, 0.1) is 12.2 Å². The lowest BCUT2D eigenvalue weighted by molar-refractivity contribution is -0.0739. The van der Waals surface area contributed by atoms with Gasteiger partial charge in [0, 0.05) is 0 Å². The van der Waals surface area contributed by atoms with Crippen LogP contribution in [0.2, 0.25) is 0 Å². The monoisotopic (exact) mass is 226 g/mol. The molecule has 0 aromatic heterocycles. The Morgan fingerprint density at radius 1 is 1.06 bits per heavy atom. The fourth-order valence-electron chi connectivity index (χ4n) is 3.71. The molecule has 1 heteroatoms. The van der Waals surface area contributed by atoms with Crippen LogP contribution in [0.4, 0.5) is 0 Å². The smallest absolute Gasteiger partial charge is 0.0553 e. The van der Waals surface area contributed by atoms with Crippen molar-refractivity contribution in [1.29, 1.82) is 0 Å². The van der Waals surface area contributed by atoms with Crippen molar-refractivity contribution < 1.29 is 4.74 Å². The van der Waals surface area contributed by atoms with Gasteiger partial charge >= 0.3 is 0 Å². The van der Waals surface area contributed by atoms with E-state index < -0.39 is 0 Å². The minimum Gasteiger partial charge on any atom is -0.376 e. The van der Waals surface area contributed by atoms with E-state index in [1.54, 1.807) is 0 Å². The summed E-state index contributed by atoms with van der Waals surface area (Å²) < 4.78 is 5.86. The maximum absolute atomic E-state index is 5.86. The third-order valence-corrected chi connectivity index (χ3v) is 4.35. The summed E-state index contributed by atoms with van der Waals surface area (Å²) in [6.07, 6.45) is 4.75. The molecule has 1 rings (SSSR count). The van der Waals surface area contributed by atoms with Gasteiger partial charge < -0.3 is 4.74 Å². The topological polar surface area (TPSA) is 9.23 Å². The van der Waals surface area contributed by atoms with E-state index in [1.165, 1.54) is 19.3 Å². The second kappa shape index (κ2) is 6.05. The van der Waals surface area contributed by atoms with Crippen LogP contribution in [0, 0.1) is 23.7 Å². The van der Waals surface area contributed by atoms with Crippen molar-refractivity contribution in [2.24, 2.45) is 23.7 Å². The molecule has 1 heterocycles. The molecular formula is C15H30O. The van der Waals surface area contributed by atoms with Crippen LogP contribution in [0.25, 0.3) is 0 Å². The van der Waals surface area contributed by atoms with Crippen molar-refractivity contribution in [3.63, 3.8) is 0 Å². The van der Waals surface area contributed by atoms with Gasteiger partial charge in [0.1, 0.15) is 0 Å². The van der Waals surface area contributed by atoms with E-state index in [0.29, 0.717) is 12.2 Å². The molecular weight excluding hydrogens is 196 g/mol. The lowest BCUT2D eigenvalue weighted by Crippen LogP contribution is -2.37. The summed E-state index contributed by atoms with van der Waals surface area (Å²) >= 11 is 0. The van der Waals surface area contributed by atoms with Gasteiger partial charge in [-0.25, -0.2) is 0 Å². The first kappa shape index (κ1) is 14.0. The van der Waals surface area contributed by atoms with E-state index in [1.807, 2.05) is 0 Å². The number of hydrogen-bond acceptors (Lipinski definition) is 1. The summed E-state index contributed by atoms with van der Waals surface area (Å²) in [6.45, 7) is 14.0. The fourth-order valence-corrected chi connectivity index (χ4v) is 3.71. The van der Waals surface area contributed by atoms with Crippen LogP contribution in [0.3, 0.4) is 0 Å². The molecule has 0 aromatic rings. The van der Waals surface area contributed by atoms with Crippen molar-refractivity contribution in [3.05, 3.63) is 0 Å². The Bertz CT molecular complexity index is 190. The molecule has 1 aliphatic heterocycles. The highest BCUT2D eigenvalue weighted by Crippen LogP contribution is 2.39. The molecule has 0 amide bonds. The summed E-state index contributed by atoms with van der Waals surface area (Å²) in [5.41, 5.74) is 0. The van der Waals surface area contributed by atoms with Gasteiger partial charge in [-0.15, -0.1) is 0 Å². The van der Waals surface area contributed by atoms with Crippen molar-refractivity contribution in [1.82, 2.24) is 0 Å². The van der Waals surface area contributed by atoms with Gasteiger partial charge in [-0.3, -0.25) is 0 Å². The molecule has 4 atom stereocenters. The van der Waals surface area contributed by atoms with Crippen LogP contribution in [0.15, 0.2) is 0 Å². The Hall–Kier alpha value is -0.0400. The van der Waals surface area contributed by atoms with Gasteiger partial charge in [-0.1, -0.05) is 34.1 Å². The van der Waals surface area contributed by atoms with E-state index in [-0.39, 0.29) is 0 Å². The van der Waals surface area contributed by atoms with Gasteiger partial charge in [0.25, 0.3) is 0 Å². The highest BCUT2D eigenvalue weighted by molar-refractivity contribution is 4.83. The van der Waals surface area contributed by atoms with Crippen molar-refractivity contribution in [3.8, 4) is 0 Å². The normalized spacial score (nSPS) is 35.1. The van der Waals surface area contributed by atoms with E-state index in [4.69, 9.17) is 4.74 Å². The van der Waals surface area contributed by atoms with E-state index in [0.717, 1.165) is 23.7 Å². The molecule has 96 valence electrons. The van der Waals surface area contributed by atoms with Crippen molar-refractivity contribution in [2.45, 2.75) is 73.0 Å². The molecule has 1 nitrogen and oxygen atoms in total. The predicted molar refractivity (Wildman–Crippen MR) is 70.5 cm³/mol. The first-order chi connectivity index (χ1) is 7.45. The third-order valence-electron chi connectivity index (χ3n) is 4.35. The Balaban J connectivity index is 2.69. The van der Waals surface area contributed by atoms with Crippen LogP contribution in [0.5, 0.6) is 0 Å². The molecule has 0 N–H and O–H groups in total. The summed E-state index contributed by atoms with van der Waals surface area (Å²) in [6, 6.07) is 0. The van der Waals surface area contributed by atoms with Gasteiger partial charge in [0.2, 0.25) is 0 Å². The molecule has 0 spiro atoms. The highest BCUT2D eigenvalue weighted by atomic mass is 16.5. The van der Waals surface area contributed by atoms with E-state index in [9.17, 15) is 0 Å². The quantitative estimate of drug-likeness (QED) is 0.685. The Kier molecular flexibility index (Phi) is 5.30. The average Bonchev–Trinajstić information content (AvgIpc) is 2.15. The largest absolute Gasteiger partial charge is 0.376 e. The molecule has 1 fully saturated rings. The molecule has 0 saturated carbocycles. The van der Waals surface area contributed by atoms with Gasteiger partial charge in [-0.2, -0.15) is 0 Å². The Morgan fingerprint density at radius 2 is 1.56 bits per heavy atom. The molecule has 0 bridgehead atoms. The first-order valence-corrected chi connectivity index (χ1v) is 7.11. The van der Waals surface area contributed by atoms with E-state index >= 15 is 0 Å². The molecule has 1 saturated heterocycles. The summed E-state index contributed by atoms with van der Waals surface area (Å²) in [4.78, 5) is 0. The minimum absolute atomic E-state index is 0.457. The van der Waals surface area contributed by atoms with Crippen molar-refractivity contribution >= 4 is 0 Å². The average molecular weight is 226 g/mol. The van der Waals surface area contributed by atoms with Crippen molar-refractivity contribution in [2.75, 3.05) is 0 Å². The second-order valence-corrected chi connectivity index (χ2v) is 6.20. The molecule has 4 unspecified atom stereocenters. The molecule has 0 aliphatic carbocycles. The van der Waals surface area contributed by atoms with E-state index in [2.05, 4.69) is 41.5 Å². The van der Waals surface area contributed by atoms with Gasteiger partial charge in [-0.05, 0) is 50.4 Å². The standard InChI is InChI=1S/C15H30O/c1-7-11(4)15(10(2)3)14-8-12(5)16-13(6)9-14/h10-15H,7-9H2,1-6H3. The van der Waals surface area contributed by atoms with Gasteiger partial charge in [0.15, 0.2) is 0 Å². The number of hydrogen-bond donors (Lipinski definition) is 0. The lowest BCUT2D eigenvalue weighted by atomic mass is 9.70. The predicted octanol–water partition coefficient (Wildman–Crippen LogP) is 4.51. The third kappa shape index (κ3) is 3.48. The minimum atomic E-state index is 0.457. The zero-order chi connectivity index (χ0) is 12.3. The number of ether oxygens (including phenoxy) is 1. The van der Waals surface area contributed by atoms with Crippen LogP contribution in [-0.4, -0.2) is 12.2 Å². The Morgan fingerprint density at radius 3 is 1.94 bits per heavy atom. The molecule has 0 radical (unpaired) electrons. The molecule has 1 aliphatic rings. The second-order valence-electron chi connectivity index (χ2n) is 6.20. The number of rotatable bonds is 4. The maximum Gasteiger partial charge on any atom is 0.0553 e. The summed E-state index contributed by atoms with van der Waals surface area (Å²) in [5.74, 6) is 3.40.